The first kappa shape index (κ1) is 47.6. The molecule has 12 nitrogen and oxygen atoms in total. The van der Waals surface area contributed by atoms with E-state index in [9.17, 15) is 24.3 Å². The lowest BCUT2D eigenvalue weighted by molar-refractivity contribution is -0.159. The lowest BCUT2D eigenvalue weighted by Gasteiger charge is -2.41. The Morgan fingerprint density at radius 1 is 0.685 bits per heavy atom. The van der Waals surface area contributed by atoms with E-state index in [1.807, 2.05) is 110 Å². The van der Waals surface area contributed by atoms with E-state index < -0.39 is 34.2 Å². The molecule has 2 unspecified atom stereocenters. The highest BCUT2D eigenvalue weighted by Crippen LogP contribution is 2.26. The first-order chi connectivity index (χ1) is 24.7. The van der Waals surface area contributed by atoms with Gasteiger partial charge in [0.1, 0.15) is 22.8 Å². The highest BCUT2D eigenvalue weighted by atomic mass is 79.9. The van der Waals surface area contributed by atoms with Crippen LogP contribution < -0.4 is 0 Å². The maximum atomic E-state index is 13.5. The Kier molecular flexibility index (Phi) is 18.1. The highest BCUT2D eigenvalue weighted by Gasteiger charge is 2.38. The topological polar surface area (TPSA) is 129 Å². The number of halogens is 1. The molecular formula is C41H69BrN4O8. The van der Waals surface area contributed by atoms with E-state index in [0.29, 0.717) is 52.2 Å². The zero-order valence-corrected chi connectivity index (χ0v) is 36.7. The molecule has 2 atom stereocenters. The number of carboxylic acid groups (broad SMARTS) is 1. The SMILES string of the molecule is CC(C)(C)OC(=O)CN1CCN(CC(=O)OC(C)(C)C)C(CCCc2ccc(Br)cc2)CN(CC(=O)OC(C)(C)C)CCN(C(C(=O)O)C(C)(C)C)CC1. The molecule has 54 heavy (non-hydrogen) atoms. The number of esters is 3. The van der Waals surface area contributed by atoms with Gasteiger partial charge in [0.15, 0.2) is 0 Å². The molecule has 0 aromatic heterocycles. The average molecular weight is 826 g/mol. The molecule has 0 radical (unpaired) electrons. The van der Waals surface area contributed by atoms with Gasteiger partial charge in [0.05, 0.1) is 19.6 Å². The van der Waals surface area contributed by atoms with Gasteiger partial charge < -0.3 is 19.3 Å². The van der Waals surface area contributed by atoms with E-state index in [0.717, 1.165) is 17.3 Å². The van der Waals surface area contributed by atoms with Gasteiger partial charge in [-0.15, -0.1) is 0 Å². The summed E-state index contributed by atoms with van der Waals surface area (Å²) in [5, 5.41) is 10.5. The molecule has 1 aliphatic heterocycles. The quantitative estimate of drug-likeness (QED) is 0.200. The molecule has 1 heterocycles. The Labute approximate surface area is 333 Å². The molecule has 1 fully saturated rings. The predicted molar refractivity (Wildman–Crippen MR) is 215 cm³/mol. The first-order valence-electron chi connectivity index (χ1n) is 19.3. The molecular weight excluding hydrogens is 756 g/mol. The Morgan fingerprint density at radius 2 is 1.13 bits per heavy atom. The van der Waals surface area contributed by atoms with Crippen molar-refractivity contribution < 1.29 is 38.5 Å². The van der Waals surface area contributed by atoms with Gasteiger partial charge in [0.2, 0.25) is 0 Å². The van der Waals surface area contributed by atoms with E-state index in [1.165, 1.54) is 5.56 Å². The minimum atomic E-state index is -0.929. The average Bonchev–Trinajstić information content (AvgIpc) is 2.96. The normalized spacial score (nSPS) is 18.9. The van der Waals surface area contributed by atoms with Crippen molar-refractivity contribution in [2.75, 3.05) is 65.4 Å². The number of carbonyl (C=O) groups is 4. The van der Waals surface area contributed by atoms with Crippen LogP contribution in [0.15, 0.2) is 28.7 Å². The predicted octanol–water partition coefficient (Wildman–Crippen LogP) is 5.89. The third-order valence-electron chi connectivity index (χ3n) is 8.73. The van der Waals surface area contributed by atoms with E-state index in [1.54, 1.807) is 0 Å². The summed E-state index contributed by atoms with van der Waals surface area (Å²) in [4.78, 5) is 61.0. The van der Waals surface area contributed by atoms with Crippen LogP contribution in [0.4, 0.5) is 0 Å². The van der Waals surface area contributed by atoms with Crippen molar-refractivity contribution in [3.63, 3.8) is 0 Å². The van der Waals surface area contributed by atoms with Gasteiger partial charge >= 0.3 is 23.9 Å². The van der Waals surface area contributed by atoms with Gasteiger partial charge in [-0.3, -0.25) is 38.8 Å². The van der Waals surface area contributed by atoms with Crippen LogP contribution in [0.25, 0.3) is 0 Å². The number of ether oxygens (including phenoxy) is 3. The van der Waals surface area contributed by atoms with Crippen molar-refractivity contribution in [2.24, 2.45) is 5.41 Å². The van der Waals surface area contributed by atoms with Crippen LogP contribution in [0.3, 0.4) is 0 Å². The minimum absolute atomic E-state index is 0.00657. The van der Waals surface area contributed by atoms with Crippen molar-refractivity contribution in [1.82, 2.24) is 19.6 Å². The van der Waals surface area contributed by atoms with Crippen LogP contribution >= 0.6 is 15.9 Å². The third kappa shape index (κ3) is 19.3. The van der Waals surface area contributed by atoms with Gasteiger partial charge in [-0.1, -0.05) is 48.8 Å². The van der Waals surface area contributed by atoms with E-state index in [-0.39, 0.29) is 43.6 Å². The molecule has 13 heteroatoms. The highest BCUT2D eigenvalue weighted by molar-refractivity contribution is 9.10. The molecule has 0 aliphatic carbocycles. The monoisotopic (exact) mass is 824 g/mol. The summed E-state index contributed by atoms with van der Waals surface area (Å²) in [5.41, 5.74) is -1.44. The molecule has 0 spiro atoms. The van der Waals surface area contributed by atoms with E-state index in [2.05, 4.69) is 33.0 Å². The van der Waals surface area contributed by atoms with Gasteiger partial charge in [-0.2, -0.15) is 0 Å². The molecule has 0 amide bonds. The fraction of sp³-hybridized carbons (Fsp3) is 0.756. The third-order valence-corrected chi connectivity index (χ3v) is 9.26. The molecule has 1 aliphatic rings. The number of carbonyl (C=O) groups excluding carboxylic acids is 3. The fourth-order valence-electron chi connectivity index (χ4n) is 6.68. The van der Waals surface area contributed by atoms with Crippen LogP contribution in [0, 0.1) is 5.41 Å². The number of rotatable bonds is 12. The van der Waals surface area contributed by atoms with Crippen molar-refractivity contribution in [1.29, 1.82) is 0 Å². The van der Waals surface area contributed by atoms with Crippen molar-refractivity contribution in [2.45, 2.75) is 131 Å². The zero-order valence-electron chi connectivity index (χ0n) is 35.1. The molecule has 0 saturated carbocycles. The lowest BCUT2D eigenvalue weighted by Crippen LogP contribution is -2.56. The number of aryl methyl sites for hydroxylation is 1. The molecule has 1 saturated heterocycles. The summed E-state index contributed by atoms with van der Waals surface area (Å²) in [6.07, 6.45) is 2.34. The number of benzene rings is 1. The molecule has 1 N–H and O–H groups in total. The smallest absolute Gasteiger partial charge is 0.321 e. The second-order valence-electron chi connectivity index (χ2n) is 18.6. The van der Waals surface area contributed by atoms with Gasteiger partial charge in [0.25, 0.3) is 0 Å². The Hall–Kier alpha value is -2.58. The lowest BCUT2D eigenvalue weighted by atomic mass is 9.85. The summed E-state index contributed by atoms with van der Waals surface area (Å²) in [7, 11) is 0. The minimum Gasteiger partial charge on any atom is -0.480 e. The van der Waals surface area contributed by atoms with E-state index in [4.69, 9.17) is 14.2 Å². The maximum Gasteiger partial charge on any atom is 0.321 e. The second kappa shape index (κ2) is 20.5. The van der Waals surface area contributed by atoms with E-state index >= 15 is 0 Å². The molecule has 1 aromatic carbocycles. The number of aliphatic carboxylic acids is 1. The van der Waals surface area contributed by atoms with Gasteiger partial charge in [0, 0.05) is 56.3 Å². The van der Waals surface area contributed by atoms with Crippen LogP contribution in [-0.4, -0.2) is 143 Å². The van der Waals surface area contributed by atoms with Gasteiger partial charge in [-0.05, 0) is 105 Å². The van der Waals surface area contributed by atoms with Crippen LogP contribution in [0.2, 0.25) is 0 Å². The van der Waals surface area contributed by atoms with Crippen LogP contribution in [0.5, 0.6) is 0 Å². The summed E-state index contributed by atoms with van der Waals surface area (Å²) >= 11 is 3.52. The standard InChI is InChI=1S/C41H69BrN4O8/c1-38(2,3)36(37(50)51)45-23-20-43(27-33(47)52-39(4,5)6)21-25-46(29-35(49)54-41(10,11)12)32(15-13-14-30-16-18-31(42)19-17-30)26-44(22-24-45)28-34(48)53-40(7,8)9/h16-19,32,36H,13-15,20-29H2,1-12H3,(H,50,51). The number of nitrogens with zero attached hydrogens (tertiary/aromatic N) is 4. The molecule has 2 rings (SSSR count). The number of carboxylic acids is 1. The maximum absolute atomic E-state index is 13.5. The summed E-state index contributed by atoms with van der Waals surface area (Å²) in [5.74, 6) is -2.03. The molecule has 0 bridgehead atoms. The largest absolute Gasteiger partial charge is 0.480 e. The second-order valence-corrected chi connectivity index (χ2v) is 19.5. The van der Waals surface area contributed by atoms with Crippen molar-refractivity contribution in [3.05, 3.63) is 34.3 Å². The van der Waals surface area contributed by atoms with Crippen molar-refractivity contribution in [3.8, 4) is 0 Å². The number of hydrogen-bond donors (Lipinski definition) is 1. The number of hydrogen-bond acceptors (Lipinski definition) is 11. The first-order valence-corrected chi connectivity index (χ1v) is 20.1. The zero-order chi connectivity index (χ0) is 41.1. The Morgan fingerprint density at radius 3 is 1.59 bits per heavy atom. The fourth-order valence-corrected chi connectivity index (χ4v) is 6.95. The summed E-state index contributed by atoms with van der Waals surface area (Å²) in [6.45, 7) is 25.0. The Balaban J connectivity index is 2.62. The van der Waals surface area contributed by atoms with Gasteiger partial charge in [-0.25, -0.2) is 0 Å². The summed E-state index contributed by atoms with van der Waals surface area (Å²) < 4.78 is 18.3. The molecule has 1 aromatic rings. The van der Waals surface area contributed by atoms with Crippen molar-refractivity contribution >= 4 is 39.8 Å². The van der Waals surface area contributed by atoms with Crippen LogP contribution in [-0.2, 0) is 39.8 Å². The van der Waals surface area contributed by atoms with Crippen LogP contribution in [0.1, 0.15) is 101 Å². The Bertz CT molecular complexity index is 1360. The molecule has 308 valence electrons. The summed E-state index contributed by atoms with van der Waals surface area (Å²) in [6, 6.07) is 7.22.